The number of fused-ring (bicyclic) bond motifs is 13. The third-order valence-corrected chi connectivity index (χ3v) is 14.7. The fourth-order valence-electron chi connectivity index (χ4n) is 10.5. The number of benzene rings is 9. The summed E-state index contributed by atoms with van der Waals surface area (Å²) < 4.78 is 11.7. The van der Waals surface area contributed by atoms with Crippen LogP contribution < -0.4 is 0 Å². The predicted molar refractivity (Wildman–Crippen MR) is 265 cm³/mol. The highest BCUT2D eigenvalue weighted by Gasteiger charge is 2.29. The Balaban J connectivity index is 1.08. The van der Waals surface area contributed by atoms with Crippen molar-refractivity contribution < 1.29 is 4.42 Å². The Morgan fingerprint density at radius 2 is 1.17 bits per heavy atom. The second-order valence-electron chi connectivity index (χ2n) is 17.0. The van der Waals surface area contributed by atoms with Gasteiger partial charge in [-0.15, -0.1) is 11.3 Å². The molecule has 1 atom stereocenters. The normalized spacial score (nSPS) is 14.0. The molecule has 0 saturated carbocycles. The fourth-order valence-corrected chi connectivity index (χ4v) is 11.7. The fraction of sp³-hybridized carbons (Fsp3) is 0.0517. The molecule has 5 nitrogen and oxygen atoms in total. The number of rotatable bonds is 4. The van der Waals surface area contributed by atoms with Gasteiger partial charge in [0.2, 0.25) is 0 Å². The maximum Gasteiger partial charge on any atom is 0.167 e. The van der Waals surface area contributed by atoms with E-state index >= 15 is 0 Å². The monoisotopic (exact) mass is 836 g/mol. The molecule has 1 aliphatic carbocycles. The Hall–Kier alpha value is -7.93. The standard InChI is InChI=1S/C58H36N4OS/c1-2-16-36-31-51-47(30-35(36)15-1)41-20-7-10-25-50(41)62(51)37-32-48-42-21-8-11-26-52(42)63-54(48)49(33-37)58-60-56(45-29-28-34-14-3-4-17-38(34)39-18-5-6-19-40(39)45)59-57(61-58)46-24-13-23-44-43-22-9-12-27-53(43)64-55(44)46/h1-27,30-33,45H,28-29H2/t45-/m0/s1. The molecule has 1 aliphatic rings. The molecular weight excluding hydrogens is 801 g/mol. The lowest BCUT2D eigenvalue weighted by Gasteiger charge is -2.19. The lowest BCUT2D eigenvalue weighted by molar-refractivity contribution is 0.666. The van der Waals surface area contributed by atoms with E-state index in [1.165, 1.54) is 64.0 Å². The Kier molecular flexibility index (Phi) is 7.68. The van der Waals surface area contributed by atoms with Gasteiger partial charge in [0.05, 0.1) is 16.6 Å². The number of furan rings is 1. The molecule has 64 heavy (non-hydrogen) atoms. The van der Waals surface area contributed by atoms with Crippen LogP contribution in [0.3, 0.4) is 0 Å². The van der Waals surface area contributed by atoms with Crippen LogP contribution in [0.15, 0.2) is 192 Å². The van der Waals surface area contributed by atoms with Crippen LogP contribution in [0.1, 0.15) is 29.3 Å². The average Bonchev–Trinajstić information content (AvgIpc) is 3.99. The van der Waals surface area contributed by atoms with Gasteiger partial charge in [0.15, 0.2) is 11.6 Å². The molecule has 0 bridgehead atoms. The highest BCUT2D eigenvalue weighted by Crippen LogP contribution is 2.45. The minimum atomic E-state index is -0.0781. The molecule has 0 fully saturated rings. The van der Waals surface area contributed by atoms with E-state index in [4.69, 9.17) is 19.4 Å². The first-order chi connectivity index (χ1) is 31.7. The number of thiophene rings is 1. The van der Waals surface area contributed by atoms with E-state index in [-0.39, 0.29) is 5.92 Å². The minimum Gasteiger partial charge on any atom is -0.455 e. The highest BCUT2D eigenvalue weighted by molar-refractivity contribution is 7.26. The molecule has 0 amide bonds. The zero-order chi connectivity index (χ0) is 41.9. The van der Waals surface area contributed by atoms with Crippen molar-refractivity contribution in [3.8, 4) is 39.6 Å². The molecule has 4 aromatic heterocycles. The summed E-state index contributed by atoms with van der Waals surface area (Å²) in [5, 5.41) is 9.34. The van der Waals surface area contributed by atoms with Crippen LogP contribution in [0.5, 0.6) is 0 Å². The van der Waals surface area contributed by atoms with Crippen molar-refractivity contribution in [2.24, 2.45) is 0 Å². The largest absolute Gasteiger partial charge is 0.455 e. The topological polar surface area (TPSA) is 56.7 Å². The molecule has 0 aliphatic heterocycles. The van der Waals surface area contributed by atoms with Crippen molar-refractivity contribution in [3.05, 3.63) is 205 Å². The molecule has 0 spiro atoms. The molecule has 6 heteroatoms. The van der Waals surface area contributed by atoms with Crippen LogP contribution in [0, 0.1) is 0 Å². The van der Waals surface area contributed by atoms with Crippen molar-refractivity contribution in [2.75, 3.05) is 0 Å². The third-order valence-electron chi connectivity index (χ3n) is 13.5. The molecule has 13 aromatic rings. The highest BCUT2D eigenvalue weighted by atomic mass is 32.1. The summed E-state index contributed by atoms with van der Waals surface area (Å²) in [6, 6.07) is 67.7. The van der Waals surface area contributed by atoms with Gasteiger partial charge in [-0.05, 0) is 94.4 Å². The number of para-hydroxylation sites is 2. The summed E-state index contributed by atoms with van der Waals surface area (Å²) in [4.78, 5) is 16.7. The van der Waals surface area contributed by atoms with Gasteiger partial charge in [0.1, 0.15) is 17.0 Å². The molecule has 9 aromatic carbocycles. The molecular formula is C58H36N4OS. The zero-order valence-electron chi connectivity index (χ0n) is 34.5. The molecule has 0 N–H and O–H groups in total. The second kappa shape index (κ2) is 13.8. The van der Waals surface area contributed by atoms with Crippen LogP contribution in [0.2, 0.25) is 0 Å². The SMILES string of the molecule is c1ccc2c(c1)CC[C@H](c1nc(-c3cc(-n4c5ccccc5c5cc6ccccc6cc54)cc4c3oc3ccccc34)nc(-c3cccc4c3sc3ccccc34)n1)c1ccccc1-2. The smallest absolute Gasteiger partial charge is 0.167 e. The van der Waals surface area contributed by atoms with Crippen molar-refractivity contribution in [1.29, 1.82) is 0 Å². The van der Waals surface area contributed by atoms with Gasteiger partial charge in [0.25, 0.3) is 0 Å². The maximum atomic E-state index is 6.89. The Labute approximate surface area is 371 Å². The maximum absolute atomic E-state index is 6.89. The predicted octanol–water partition coefficient (Wildman–Crippen LogP) is 15.5. The Morgan fingerprint density at radius 3 is 2.08 bits per heavy atom. The van der Waals surface area contributed by atoms with Gasteiger partial charge in [-0.1, -0.05) is 140 Å². The summed E-state index contributed by atoms with van der Waals surface area (Å²) in [6.45, 7) is 0. The van der Waals surface area contributed by atoms with E-state index in [1.807, 2.05) is 6.07 Å². The molecule has 4 heterocycles. The van der Waals surface area contributed by atoms with Crippen molar-refractivity contribution in [2.45, 2.75) is 18.8 Å². The molecule has 300 valence electrons. The van der Waals surface area contributed by atoms with Gasteiger partial charge in [0, 0.05) is 58.9 Å². The van der Waals surface area contributed by atoms with Crippen LogP contribution in [0.25, 0.3) is 114 Å². The lowest BCUT2D eigenvalue weighted by atomic mass is 9.90. The molecule has 0 saturated heterocycles. The lowest BCUT2D eigenvalue weighted by Crippen LogP contribution is -2.11. The number of hydrogen-bond acceptors (Lipinski definition) is 5. The summed E-state index contributed by atoms with van der Waals surface area (Å²) in [7, 11) is 0. The van der Waals surface area contributed by atoms with Gasteiger partial charge in [-0.3, -0.25) is 0 Å². The van der Waals surface area contributed by atoms with E-state index in [0.29, 0.717) is 11.6 Å². The van der Waals surface area contributed by atoms with Crippen LogP contribution in [-0.2, 0) is 6.42 Å². The average molecular weight is 837 g/mol. The number of aryl methyl sites for hydroxylation is 1. The van der Waals surface area contributed by atoms with Crippen molar-refractivity contribution in [1.82, 2.24) is 19.5 Å². The van der Waals surface area contributed by atoms with Gasteiger partial charge >= 0.3 is 0 Å². The minimum absolute atomic E-state index is 0.0781. The summed E-state index contributed by atoms with van der Waals surface area (Å²) in [6.07, 6.45) is 1.77. The summed E-state index contributed by atoms with van der Waals surface area (Å²) in [5.41, 5.74) is 11.8. The van der Waals surface area contributed by atoms with Crippen LogP contribution >= 0.6 is 11.3 Å². The van der Waals surface area contributed by atoms with Crippen molar-refractivity contribution >= 4 is 86.0 Å². The number of aromatic nitrogens is 4. The zero-order valence-corrected chi connectivity index (χ0v) is 35.3. The number of hydrogen-bond donors (Lipinski definition) is 0. The van der Waals surface area contributed by atoms with E-state index in [2.05, 4.69) is 187 Å². The summed E-state index contributed by atoms with van der Waals surface area (Å²) in [5.74, 6) is 1.94. The van der Waals surface area contributed by atoms with Crippen molar-refractivity contribution in [3.63, 3.8) is 0 Å². The summed E-state index contributed by atoms with van der Waals surface area (Å²) >= 11 is 1.80. The van der Waals surface area contributed by atoms with Gasteiger partial charge in [-0.2, -0.15) is 0 Å². The second-order valence-corrected chi connectivity index (χ2v) is 18.0. The first-order valence-corrected chi connectivity index (χ1v) is 22.8. The molecule has 14 rings (SSSR count). The van der Waals surface area contributed by atoms with E-state index < -0.39 is 0 Å². The quantitative estimate of drug-likeness (QED) is 0.177. The molecule has 0 radical (unpaired) electrons. The Morgan fingerprint density at radius 1 is 0.484 bits per heavy atom. The first kappa shape index (κ1) is 35.6. The third kappa shape index (κ3) is 5.33. The number of nitrogens with zero attached hydrogens (tertiary/aromatic N) is 4. The van der Waals surface area contributed by atoms with Crippen LogP contribution in [-0.4, -0.2) is 19.5 Å². The molecule has 0 unspecified atom stereocenters. The van der Waals surface area contributed by atoms with Gasteiger partial charge < -0.3 is 8.98 Å². The van der Waals surface area contributed by atoms with Crippen LogP contribution in [0.4, 0.5) is 0 Å². The first-order valence-electron chi connectivity index (χ1n) is 21.9. The Bertz CT molecular complexity index is 4060. The van der Waals surface area contributed by atoms with Gasteiger partial charge in [-0.25, -0.2) is 15.0 Å². The van der Waals surface area contributed by atoms with E-state index in [9.17, 15) is 0 Å². The van der Waals surface area contributed by atoms with E-state index in [1.54, 1.807) is 11.3 Å². The van der Waals surface area contributed by atoms with E-state index in [0.717, 1.165) is 68.5 Å².